The number of hydrogen-bond acceptors (Lipinski definition) is 5. The van der Waals surface area contributed by atoms with Gasteiger partial charge in [-0.3, -0.25) is 0 Å². The molecule has 0 aliphatic carbocycles. The fourth-order valence-corrected chi connectivity index (χ4v) is 1.21. The lowest BCUT2D eigenvalue weighted by Crippen LogP contribution is -2.31. The molecule has 0 N–H and O–H groups in total. The zero-order valence-corrected chi connectivity index (χ0v) is 7.25. The van der Waals surface area contributed by atoms with Crippen molar-refractivity contribution in [1.82, 2.24) is 9.97 Å². The first kappa shape index (κ1) is 8.99. The highest BCUT2D eigenvalue weighted by atomic mass is 32.2. The van der Waals surface area contributed by atoms with Crippen molar-refractivity contribution < 1.29 is 9.90 Å². The van der Waals surface area contributed by atoms with E-state index >= 15 is 0 Å². The lowest BCUT2D eigenvalue weighted by Gasteiger charge is -2.09. The Morgan fingerprint density at radius 3 is 2.67 bits per heavy atom. The van der Waals surface area contributed by atoms with Crippen LogP contribution >= 0.6 is 11.8 Å². The van der Waals surface area contributed by atoms with E-state index in [1.165, 1.54) is 6.92 Å². The van der Waals surface area contributed by atoms with Gasteiger partial charge in [0.1, 0.15) is 0 Å². The fraction of sp³-hybridized carbons (Fsp3) is 0.286. The Hall–Kier alpha value is -1.10. The van der Waals surface area contributed by atoms with Crippen molar-refractivity contribution in [3.63, 3.8) is 0 Å². The van der Waals surface area contributed by atoms with E-state index in [0.29, 0.717) is 5.16 Å². The molecule has 0 bridgehead atoms. The van der Waals surface area contributed by atoms with Crippen LogP contribution in [-0.2, 0) is 4.79 Å². The summed E-state index contributed by atoms with van der Waals surface area (Å²) >= 11 is 1.07. The van der Waals surface area contributed by atoms with Crippen molar-refractivity contribution in [1.29, 1.82) is 0 Å². The van der Waals surface area contributed by atoms with Crippen molar-refractivity contribution in [2.24, 2.45) is 0 Å². The number of carbonyl (C=O) groups is 1. The summed E-state index contributed by atoms with van der Waals surface area (Å²) in [5.41, 5.74) is 0. The minimum Gasteiger partial charge on any atom is -0.549 e. The third kappa shape index (κ3) is 2.50. The third-order valence-electron chi connectivity index (χ3n) is 1.16. The van der Waals surface area contributed by atoms with Gasteiger partial charge in [0.15, 0.2) is 5.16 Å². The monoisotopic (exact) mass is 183 g/mol. The largest absolute Gasteiger partial charge is 0.549 e. The summed E-state index contributed by atoms with van der Waals surface area (Å²) in [5, 5.41) is 10.2. The van der Waals surface area contributed by atoms with Crippen LogP contribution in [0.1, 0.15) is 6.92 Å². The van der Waals surface area contributed by atoms with E-state index < -0.39 is 11.2 Å². The molecule has 0 fully saturated rings. The van der Waals surface area contributed by atoms with E-state index in [4.69, 9.17) is 0 Å². The van der Waals surface area contributed by atoms with Gasteiger partial charge in [0, 0.05) is 17.6 Å². The van der Waals surface area contributed by atoms with E-state index in [1.807, 2.05) is 0 Å². The molecule has 1 rings (SSSR count). The summed E-state index contributed by atoms with van der Waals surface area (Å²) in [5.74, 6) is -1.10. The molecule has 0 saturated heterocycles. The van der Waals surface area contributed by atoms with Gasteiger partial charge < -0.3 is 9.90 Å². The van der Waals surface area contributed by atoms with Crippen molar-refractivity contribution in [3.8, 4) is 0 Å². The smallest absolute Gasteiger partial charge is 0.188 e. The molecule has 0 radical (unpaired) electrons. The molecular weight excluding hydrogens is 176 g/mol. The maximum Gasteiger partial charge on any atom is 0.188 e. The summed E-state index contributed by atoms with van der Waals surface area (Å²) in [4.78, 5) is 18.0. The second kappa shape index (κ2) is 4.06. The van der Waals surface area contributed by atoms with Gasteiger partial charge in [-0.05, 0) is 13.0 Å². The van der Waals surface area contributed by atoms with Crippen LogP contribution in [-0.4, -0.2) is 21.2 Å². The van der Waals surface area contributed by atoms with Gasteiger partial charge in [-0.1, -0.05) is 11.8 Å². The number of carbonyl (C=O) groups excluding carboxylic acids is 1. The number of rotatable bonds is 3. The molecule has 5 heteroatoms. The predicted molar refractivity (Wildman–Crippen MR) is 42.4 cm³/mol. The van der Waals surface area contributed by atoms with Gasteiger partial charge in [-0.15, -0.1) is 0 Å². The fourth-order valence-electron chi connectivity index (χ4n) is 0.552. The van der Waals surface area contributed by atoms with Crippen LogP contribution in [0.15, 0.2) is 23.6 Å². The van der Waals surface area contributed by atoms with E-state index in [2.05, 4.69) is 9.97 Å². The van der Waals surface area contributed by atoms with Crippen LogP contribution in [0.3, 0.4) is 0 Å². The van der Waals surface area contributed by atoms with Crippen LogP contribution in [0.25, 0.3) is 0 Å². The van der Waals surface area contributed by atoms with Crippen LogP contribution in [0.2, 0.25) is 0 Å². The minimum atomic E-state index is -1.10. The molecule has 1 aromatic heterocycles. The summed E-state index contributed by atoms with van der Waals surface area (Å²) in [7, 11) is 0. The highest BCUT2D eigenvalue weighted by Gasteiger charge is 2.05. The maximum atomic E-state index is 10.3. The molecule has 0 aliphatic rings. The summed E-state index contributed by atoms with van der Waals surface area (Å²) in [6.07, 6.45) is 3.13. The highest BCUT2D eigenvalue weighted by Crippen LogP contribution is 2.16. The van der Waals surface area contributed by atoms with Gasteiger partial charge in [0.25, 0.3) is 0 Å². The SMILES string of the molecule is C[C@H](Sc1ncccn1)C(=O)[O-]. The Labute approximate surface area is 74.0 Å². The second-order valence-corrected chi connectivity index (χ2v) is 3.42. The lowest BCUT2D eigenvalue weighted by atomic mass is 10.5. The van der Waals surface area contributed by atoms with Crippen LogP contribution in [0.4, 0.5) is 0 Å². The standard InChI is InChI=1S/C7H8N2O2S/c1-5(6(10)11)12-7-8-3-2-4-9-7/h2-5H,1H3,(H,10,11)/p-1/t5-/m0/s1. The van der Waals surface area contributed by atoms with Gasteiger partial charge >= 0.3 is 0 Å². The molecule has 1 heterocycles. The van der Waals surface area contributed by atoms with Crippen LogP contribution in [0.5, 0.6) is 0 Å². The van der Waals surface area contributed by atoms with E-state index in [1.54, 1.807) is 18.5 Å². The van der Waals surface area contributed by atoms with Gasteiger partial charge in [-0.25, -0.2) is 9.97 Å². The number of thioether (sulfide) groups is 1. The zero-order valence-electron chi connectivity index (χ0n) is 6.43. The Morgan fingerprint density at radius 2 is 2.17 bits per heavy atom. The molecule has 0 saturated carbocycles. The Balaban J connectivity index is 2.58. The van der Waals surface area contributed by atoms with Crippen LogP contribution in [0, 0.1) is 0 Å². The number of aliphatic carboxylic acids is 1. The molecule has 0 spiro atoms. The number of carboxylic acids is 1. The molecule has 1 aromatic rings. The highest BCUT2D eigenvalue weighted by molar-refractivity contribution is 8.00. The Kier molecular flexibility index (Phi) is 3.04. The Bertz CT molecular complexity index is 265. The summed E-state index contributed by atoms with van der Waals surface area (Å²) in [6.45, 7) is 1.54. The normalized spacial score (nSPS) is 12.4. The second-order valence-electron chi connectivity index (χ2n) is 2.11. The zero-order chi connectivity index (χ0) is 8.97. The molecule has 0 aromatic carbocycles. The first-order chi connectivity index (χ1) is 5.70. The van der Waals surface area contributed by atoms with E-state index in [0.717, 1.165) is 11.8 Å². The summed E-state index contributed by atoms with van der Waals surface area (Å²) < 4.78 is 0. The van der Waals surface area contributed by atoms with Crippen molar-refractivity contribution in [2.45, 2.75) is 17.3 Å². The quantitative estimate of drug-likeness (QED) is 0.475. The first-order valence-electron chi connectivity index (χ1n) is 3.34. The van der Waals surface area contributed by atoms with Gasteiger partial charge in [0.2, 0.25) is 0 Å². The molecule has 64 valence electrons. The molecular formula is C7H7N2O2S-. The topological polar surface area (TPSA) is 65.9 Å². The Morgan fingerprint density at radius 1 is 1.58 bits per heavy atom. The van der Waals surface area contributed by atoms with Crippen molar-refractivity contribution in [2.75, 3.05) is 0 Å². The minimum absolute atomic E-state index is 0.453. The number of nitrogens with zero attached hydrogens (tertiary/aromatic N) is 2. The maximum absolute atomic E-state index is 10.3. The number of carboxylic acid groups (broad SMARTS) is 1. The average molecular weight is 183 g/mol. The first-order valence-corrected chi connectivity index (χ1v) is 4.22. The molecule has 12 heavy (non-hydrogen) atoms. The molecule has 0 amide bonds. The van der Waals surface area contributed by atoms with Crippen molar-refractivity contribution in [3.05, 3.63) is 18.5 Å². The van der Waals surface area contributed by atoms with Gasteiger partial charge in [-0.2, -0.15) is 0 Å². The van der Waals surface area contributed by atoms with E-state index in [9.17, 15) is 9.90 Å². The molecule has 1 atom stereocenters. The average Bonchev–Trinajstić information content (AvgIpc) is 2.06. The number of hydrogen-bond donors (Lipinski definition) is 0. The lowest BCUT2D eigenvalue weighted by molar-refractivity contribution is -0.304. The van der Waals surface area contributed by atoms with Gasteiger partial charge in [0.05, 0.1) is 5.97 Å². The van der Waals surface area contributed by atoms with Crippen molar-refractivity contribution >= 4 is 17.7 Å². The number of aromatic nitrogens is 2. The molecule has 0 aliphatic heterocycles. The summed E-state index contributed by atoms with van der Waals surface area (Å²) in [6, 6.07) is 1.67. The van der Waals surface area contributed by atoms with E-state index in [-0.39, 0.29) is 0 Å². The predicted octanol–water partition coefficient (Wildman–Crippen LogP) is -0.293. The third-order valence-corrected chi connectivity index (χ3v) is 2.12. The molecule has 4 nitrogen and oxygen atoms in total. The van der Waals surface area contributed by atoms with Crippen LogP contribution < -0.4 is 5.11 Å². The molecule has 0 unspecified atom stereocenters.